The van der Waals surface area contributed by atoms with E-state index in [1.54, 1.807) is 19.1 Å². The van der Waals surface area contributed by atoms with Gasteiger partial charge in [0.25, 0.3) is 0 Å². The van der Waals surface area contributed by atoms with Crippen molar-refractivity contribution in [2.75, 3.05) is 14.2 Å². The molecule has 0 aromatic heterocycles. The summed E-state index contributed by atoms with van der Waals surface area (Å²) in [5.41, 5.74) is 3.15. The Morgan fingerprint density at radius 1 is 1.06 bits per heavy atom. The van der Waals surface area contributed by atoms with Gasteiger partial charge in [0.15, 0.2) is 11.5 Å². The van der Waals surface area contributed by atoms with Crippen LogP contribution in [0.25, 0.3) is 0 Å². The van der Waals surface area contributed by atoms with Gasteiger partial charge in [-0.2, -0.15) is 0 Å². The zero-order valence-electron chi connectivity index (χ0n) is 20.2. The minimum Gasteiger partial charge on any atom is -0.493 e. The standard InChI is InChI=1S/C27H36N2O4/c1-19-9-5-6-10-22(19)18-29(20(2)27(31)28-23-11-7-8-12-23)26(30)16-14-21-13-15-24(32-3)25(17-21)33-4/h5-6,9-10,13,15,17,20,23H,7-8,11-12,14,16,18H2,1-4H3,(H,28,31)/t20-/m1/s1. The average Bonchev–Trinajstić information content (AvgIpc) is 3.34. The molecule has 2 aromatic rings. The normalized spacial score (nSPS) is 14.5. The van der Waals surface area contributed by atoms with Crippen LogP contribution in [0.4, 0.5) is 0 Å². The molecule has 178 valence electrons. The van der Waals surface area contributed by atoms with Crippen LogP contribution in [0.5, 0.6) is 11.5 Å². The zero-order valence-corrected chi connectivity index (χ0v) is 20.2. The van der Waals surface area contributed by atoms with Crippen molar-refractivity contribution < 1.29 is 19.1 Å². The first-order valence-corrected chi connectivity index (χ1v) is 11.8. The summed E-state index contributed by atoms with van der Waals surface area (Å²) in [7, 11) is 3.20. The van der Waals surface area contributed by atoms with Gasteiger partial charge in [0.1, 0.15) is 6.04 Å². The predicted molar refractivity (Wildman–Crippen MR) is 129 cm³/mol. The summed E-state index contributed by atoms with van der Waals surface area (Å²) in [4.78, 5) is 28.1. The number of carbonyl (C=O) groups is 2. The molecule has 0 bridgehead atoms. The highest BCUT2D eigenvalue weighted by molar-refractivity contribution is 5.87. The first-order chi connectivity index (χ1) is 15.9. The number of hydrogen-bond acceptors (Lipinski definition) is 4. The highest BCUT2D eigenvalue weighted by atomic mass is 16.5. The Labute approximate surface area is 197 Å². The van der Waals surface area contributed by atoms with Gasteiger partial charge in [0.05, 0.1) is 14.2 Å². The van der Waals surface area contributed by atoms with E-state index in [0.717, 1.165) is 42.4 Å². The fourth-order valence-electron chi connectivity index (χ4n) is 4.38. The molecule has 0 aliphatic heterocycles. The lowest BCUT2D eigenvalue weighted by Gasteiger charge is -2.30. The maximum absolute atomic E-state index is 13.4. The topological polar surface area (TPSA) is 67.9 Å². The zero-order chi connectivity index (χ0) is 23.8. The summed E-state index contributed by atoms with van der Waals surface area (Å²) in [6.45, 7) is 4.28. The fraction of sp³-hybridized carbons (Fsp3) is 0.481. The van der Waals surface area contributed by atoms with Crippen LogP contribution in [0.3, 0.4) is 0 Å². The summed E-state index contributed by atoms with van der Waals surface area (Å²) in [6, 6.07) is 13.4. The number of nitrogens with zero attached hydrogens (tertiary/aromatic N) is 1. The molecule has 3 rings (SSSR count). The molecule has 1 saturated carbocycles. The third kappa shape index (κ3) is 6.50. The maximum atomic E-state index is 13.4. The minimum absolute atomic E-state index is 0.0397. The van der Waals surface area contributed by atoms with Gasteiger partial charge < -0.3 is 19.7 Å². The van der Waals surface area contributed by atoms with Gasteiger partial charge in [-0.3, -0.25) is 9.59 Å². The summed E-state index contributed by atoms with van der Waals surface area (Å²) < 4.78 is 10.7. The highest BCUT2D eigenvalue weighted by Gasteiger charge is 2.28. The van der Waals surface area contributed by atoms with Crippen molar-refractivity contribution in [1.29, 1.82) is 0 Å². The van der Waals surface area contributed by atoms with E-state index < -0.39 is 6.04 Å². The van der Waals surface area contributed by atoms with Crippen molar-refractivity contribution in [3.8, 4) is 11.5 Å². The Kier molecular flexibility index (Phi) is 8.75. The number of hydrogen-bond donors (Lipinski definition) is 1. The number of carbonyl (C=O) groups excluding carboxylic acids is 2. The lowest BCUT2D eigenvalue weighted by molar-refractivity contribution is -0.140. The van der Waals surface area contributed by atoms with Crippen molar-refractivity contribution in [1.82, 2.24) is 10.2 Å². The third-order valence-electron chi connectivity index (χ3n) is 6.55. The van der Waals surface area contributed by atoms with Gasteiger partial charge in [0, 0.05) is 19.0 Å². The van der Waals surface area contributed by atoms with Gasteiger partial charge >= 0.3 is 0 Å². The summed E-state index contributed by atoms with van der Waals surface area (Å²) in [5.74, 6) is 1.19. The van der Waals surface area contributed by atoms with Crippen LogP contribution in [0, 0.1) is 6.92 Å². The average molecular weight is 453 g/mol. The molecule has 0 unspecified atom stereocenters. The number of benzene rings is 2. The summed E-state index contributed by atoms with van der Waals surface area (Å²) >= 11 is 0. The molecule has 6 nitrogen and oxygen atoms in total. The van der Waals surface area contributed by atoms with E-state index in [9.17, 15) is 9.59 Å². The fourth-order valence-corrected chi connectivity index (χ4v) is 4.38. The summed E-state index contributed by atoms with van der Waals surface area (Å²) in [5, 5.41) is 3.15. The van der Waals surface area contributed by atoms with Crippen LogP contribution in [-0.4, -0.2) is 43.0 Å². The van der Waals surface area contributed by atoms with Crippen molar-refractivity contribution in [3.63, 3.8) is 0 Å². The molecule has 2 aromatic carbocycles. The van der Waals surface area contributed by atoms with E-state index in [4.69, 9.17) is 9.47 Å². The Bertz CT molecular complexity index is 953. The molecule has 0 heterocycles. The Morgan fingerprint density at radius 2 is 1.76 bits per heavy atom. The van der Waals surface area contributed by atoms with E-state index in [1.807, 2.05) is 56.3 Å². The van der Waals surface area contributed by atoms with Gasteiger partial charge in [0.2, 0.25) is 11.8 Å². The second-order valence-electron chi connectivity index (χ2n) is 8.80. The number of nitrogens with one attached hydrogen (secondary N) is 1. The van der Waals surface area contributed by atoms with E-state index in [2.05, 4.69) is 5.32 Å². The third-order valence-corrected chi connectivity index (χ3v) is 6.55. The first kappa shape index (κ1) is 24.6. The number of aryl methyl sites for hydroxylation is 2. The quantitative estimate of drug-likeness (QED) is 0.579. The monoisotopic (exact) mass is 452 g/mol. The van der Waals surface area contributed by atoms with Gasteiger partial charge in [-0.05, 0) is 61.9 Å². The Balaban J connectivity index is 1.73. The molecule has 1 aliphatic carbocycles. The number of methoxy groups -OCH3 is 2. The molecular formula is C27H36N2O4. The molecular weight excluding hydrogens is 416 g/mol. The second kappa shape index (κ2) is 11.7. The molecule has 2 amide bonds. The highest BCUT2D eigenvalue weighted by Crippen LogP contribution is 2.28. The van der Waals surface area contributed by atoms with Crippen molar-refractivity contribution >= 4 is 11.8 Å². The molecule has 1 atom stereocenters. The number of rotatable bonds is 10. The molecule has 0 radical (unpaired) electrons. The van der Waals surface area contributed by atoms with Crippen molar-refractivity contribution in [2.45, 2.75) is 71.0 Å². The SMILES string of the molecule is COc1ccc(CCC(=O)N(Cc2ccccc2C)[C@H](C)C(=O)NC2CCCC2)cc1OC. The summed E-state index contributed by atoms with van der Waals surface area (Å²) in [6.07, 6.45) is 5.20. The van der Waals surface area contributed by atoms with E-state index >= 15 is 0 Å². The molecule has 0 saturated heterocycles. The molecule has 0 spiro atoms. The van der Waals surface area contributed by atoms with Crippen LogP contribution in [-0.2, 0) is 22.6 Å². The van der Waals surface area contributed by atoms with Crippen LogP contribution >= 0.6 is 0 Å². The van der Waals surface area contributed by atoms with Crippen molar-refractivity contribution in [2.24, 2.45) is 0 Å². The lowest BCUT2D eigenvalue weighted by Crippen LogP contribution is -2.49. The molecule has 1 fully saturated rings. The number of amides is 2. The predicted octanol–water partition coefficient (Wildman–Crippen LogP) is 4.42. The molecule has 1 N–H and O–H groups in total. The second-order valence-corrected chi connectivity index (χ2v) is 8.80. The lowest BCUT2D eigenvalue weighted by atomic mass is 10.0. The van der Waals surface area contributed by atoms with Crippen LogP contribution in [0.2, 0.25) is 0 Å². The van der Waals surface area contributed by atoms with Gasteiger partial charge in [-0.1, -0.05) is 43.2 Å². The van der Waals surface area contributed by atoms with Crippen LogP contribution in [0.1, 0.15) is 55.7 Å². The molecule has 1 aliphatic rings. The van der Waals surface area contributed by atoms with Crippen molar-refractivity contribution in [3.05, 3.63) is 59.2 Å². The van der Waals surface area contributed by atoms with Crippen LogP contribution in [0.15, 0.2) is 42.5 Å². The van der Waals surface area contributed by atoms with E-state index in [-0.39, 0.29) is 17.9 Å². The largest absolute Gasteiger partial charge is 0.493 e. The smallest absolute Gasteiger partial charge is 0.242 e. The Hall–Kier alpha value is -3.02. The molecule has 33 heavy (non-hydrogen) atoms. The van der Waals surface area contributed by atoms with Crippen LogP contribution < -0.4 is 14.8 Å². The maximum Gasteiger partial charge on any atom is 0.242 e. The minimum atomic E-state index is -0.539. The van der Waals surface area contributed by atoms with E-state index in [1.165, 1.54) is 0 Å². The number of ether oxygens (including phenoxy) is 2. The Morgan fingerprint density at radius 3 is 2.42 bits per heavy atom. The first-order valence-electron chi connectivity index (χ1n) is 11.8. The van der Waals surface area contributed by atoms with Gasteiger partial charge in [-0.25, -0.2) is 0 Å². The van der Waals surface area contributed by atoms with Gasteiger partial charge in [-0.15, -0.1) is 0 Å². The van der Waals surface area contributed by atoms with E-state index in [0.29, 0.717) is 30.9 Å². The molecule has 6 heteroatoms.